The van der Waals surface area contributed by atoms with Gasteiger partial charge in [0.05, 0.1) is 6.04 Å². The Labute approximate surface area is 85.2 Å². The molecular weight excluding hydrogens is 180 g/mol. The first-order valence-corrected chi connectivity index (χ1v) is 4.85. The molecule has 0 fully saturated rings. The van der Waals surface area contributed by atoms with Crippen LogP contribution < -0.4 is 11.1 Å². The number of amides is 2. The van der Waals surface area contributed by atoms with Crippen LogP contribution in [-0.2, 0) is 0 Å². The number of nitrogens with zero attached hydrogens (tertiary/aromatic N) is 1. The van der Waals surface area contributed by atoms with Gasteiger partial charge in [0.2, 0.25) is 0 Å². The van der Waals surface area contributed by atoms with Gasteiger partial charge in [0.25, 0.3) is 0 Å². The lowest BCUT2D eigenvalue weighted by Gasteiger charge is -2.23. The van der Waals surface area contributed by atoms with Crippen molar-refractivity contribution in [2.24, 2.45) is 5.73 Å². The summed E-state index contributed by atoms with van der Waals surface area (Å²) in [4.78, 5) is 12.9. The second kappa shape index (κ2) is 6.23. The quantitative estimate of drug-likeness (QED) is 0.348. The van der Waals surface area contributed by atoms with Gasteiger partial charge in [-0.1, -0.05) is 13.3 Å². The molecule has 5 heteroatoms. The van der Waals surface area contributed by atoms with Crippen LogP contribution in [0.5, 0.6) is 0 Å². The normalized spacial score (nSPS) is 11.9. The van der Waals surface area contributed by atoms with Crippen LogP contribution in [0.1, 0.15) is 26.7 Å². The molecule has 0 bridgehead atoms. The van der Waals surface area contributed by atoms with Gasteiger partial charge >= 0.3 is 6.03 Å². The standard InChI is InChI=1S/C9H20N4O/c1-4-5-6-12-9(14)13(3)7(2)8(10)11/h7H,4-6H2,1-3H3,(H3,10,11)(H,12,14). The third kappa shape index (κ3) is 4.11. The minimum Gasteiger partial charge on any atom is -0.386 e. The molecule has 0 aliphatic rings. The molecular formula is C9H20N4O. The molecule has 0 aromatic heterocycles. The van der Waals surface area contributed by atoms with Gasteiger partial charge in [-0.05, 0) is 13.3 Å². The van der Waals surface area contributed by atoms with E-state index in [4.69, 9.17) is 11.1 Å². The Bertz CT molecular complexity index is 205. The molecule has 0 aromatic rings. The van der Waals surface area contributed by atoms with Gasteiger partial charge in [-0.25, -0.2) is 4.79 Å². The number of amidine groups is 1. The Hall–Kier alpha value is -1.26. The zero-order chi connectivity index (χ0) is 11.1. The molecule has 0 spiro atoms. The fourth-order valence-corrected chi connectivity index (χ4v) is 0.881. The Balaban J connectivity index is 3.92. The number of hydrogen-bond acceptors (Lipinski definition) is 2. The van der Waals surface area contributed by atoms with E-state index in [1.54, 1.807) is 14.0 Å². The predicted octanol–water partition coefficient (Wildman–Crippen LogP) is 0.752. The van der Waals surface area contributed by atoms with Crippen LogP contribution in [0.2, 0.25) is 0 Å². The largest absolute Gasteiger partial charge is 0.386 e. The highest BCUT2D eigenvalue weighted by Gasteiger charge is 2.16. The van der Waals surface area contributed by atoms with Crippen molar-refractivity contribution < 1.29 is 4.79 Å². The molecule has 0 aliphatic carbocycles. The second-order valence-corrected chi connectivity index (χ2v) is 3.33. The molecule has 2 amide bonds. The maximum absolute atomic E-state index is 11.4. The number of urea groups is 1. The van der Waals surface area contributed by atoms with Crippen LogP contribution >= 0.6 is 0 Å². The molecule has 82 valence electrons. The van der Waals surface area contributed by atoms with Crippen LogP contribution in [-0.4, -0.2) is 36.4 Å². The molecule has 14 heavy (non-hydrogen) atoms. The summed E-state index contributed by atoms with van der Waals surface area (Å²) >= 11 is 0. The van der Waals surface area contributed by atoms with Crippen molar-refractivity contribution in [1.82, 2.24) is 10.2 Å². The van der Waals surface area contributed by atoms with E-state index in [0.29, 0.717) is 6.54 Å². The van der Waals surface area contributed by atoms with E-state index in [0.717, 1.165) is 12.8 Å². The summed E-state index contributed by atoms with van der Waals surface area (Å²) in [6, 6.07) is -0.530. The van der Waals surface area contributed by atoms with Crippen LogP contribution in [0.25, 0.3) is 0 Å². The summed E-state index contributed by atoms with van der Waals surface area (Å²) < 4.78 is 0. The van der Waals surface area contributed by atoms with Crippen molar-refractivity contribution in [3.05, 3.63) is 0 Å². The van der Waals surface area contributed by atoms with E-state index in [2.05, 4.69) is 12.2 Å². The monoisotopic (exact) mass is 200 g/mol. The zero-order valence-corrected chi connectivity index (χ0v) is 9.13. The minimum atomic E-state index is -0.350. The van der Waals surface area contributed by atoms with Crippen molar-refractivity contribution >= 4 is 11.9 Å². The molecule has 0 saturated heterocycles. The zero-order valence-electron chi connectivity index (χ0n) is 9.13. The van der Waals surface area contributed by atoms with Crippen LogP contribution in [0.3, 0.4) is 0 Å². The van der Waals surface area contributed by atoms with Crippen molar-refractivity contribution in [1.29, 1.82) is 5.41 Å². The van der Waals surface area contributed by atoms with Crippen LogP contribution in [0.4, 0.5) is 4.79 Å². The lowest BCUT2D eigenvalue weighted by atomic mass is 10.3. The van der Waals surface area contributed by atoms with E-state index in [1.165, 1.54) is 4.90 Å². The van der Waals surface area contributed by atoms with Gasteiger partial charge in [-0.15, -0.1) is 0 Å². The summed E-state index contributed by atoms with van der Waals surface area (Å²) in [6.07, 6.45) is 2.01. The molecule has 0 aliphatic heterocycles. The maximum Gasteiger partial charge on any atom is 0.317 e. The van der Waals surface area contributed by atoms with E-state index in [-0.39, 0.29) is 17.9 Å². The number of carbonyl (C=O) groups excluding carboxylic acids is 1. The number of nitrogens with one attached hydrogen (secondary N) is 2. The average molecular weight is 200 g/mol. The summed E-state index contributed by atoms with van der Waals surface area (Å²) in [5.74, 6) is -0.00172. The third-order valence-corrected chi connectivity index (χ3v) is 2.16. The first-order valence-electron chi connectivity index (χ1n) is 4.85. The molecule has 1 atom stereocenters. The Morgan fingerprint density at radius 2 is 2.21 bits per heavy atom. The highest BCUT2D eigenvalue weighted by atomic mass is 16.2. The molecule has 0 heterocycles. The Kier molecular flexibility index (Phi) is 5.67. The second-order valence-electron chi connectivity index (χ2n) is 3.33. The van der Waals surface area contributed by atoms with Gasteiger partial charge in [0.1, 0.15) is 5.84 Å². The summed E-state index contributed by atoms with van der Waals surface area (Å²) in [5, 5.41) is 9.95. The number of unbranched alkanes of at least 4 members (excludes halogenated alkanes) is 1. The fraction of sp³-hybridized carbons (Fsp3) is 0.778. The first kappa shape index (κ1) is 12.7. The Morgan fingerprint density at radius 1 is 1.64 bits per heavy atom. The number of rotatable bonds is 5. The highest BCUT2D eigenvalue weighted by molar-refractivity contribution is 5.87. The number of hydrogen-bond donors (Lipinski definition) is 3. The first-order chi connectivity index (χ1) is 6.50. The molecule has 5 nitrogen and oxygen atoms in total. The summed E-state index contributed by atoms with van der Waals surface area (Å²) in [6.45, 7) is 4.46. The van der Waals surface area contributed by atoms with Crippen LogP contribution in [0, 0.1) is 5.41 Å². The maximum atomic E-state index is 11.4. The van der Waals surface area contributed by atoms with Gasteiger partial charge < -0.3 is 16.0 Å². The smallest absolute Gasteiger partial charge is 0.317 e. The molecule has 0 rings (SSSR count). The van der Waals surface area contributed by atoms with E-state index in [1.807, 2.05) is 0 Å². The lowest BCUT2D eigenvalue weighted by Crippen LogP contribution is -2.47. The highest BCUT2D eigenvalue weighted by Crippen LogP contribution is 1.95. The molecule has 0 aromatic carbocycles. The van der Waals surface area contributed by atoms with Crippen molar-refractivity contribution in [2.75, 3.05) is 13.6 Å². The third-order valence-electron chi connectivity index (χ3n) is 2.16. The molecule has 4 N–H and O–H groups in total. The lowest BCUT2D eigenvalue weighted by molar-refractivity contribution is 0.204. The van der Waals surface area contributed by atoms with E-state index < -0.39 is 0 Å². The van der Waals surface area contributed by atoms with E-state index >= 15 is 0 Å². The van der Waals surface area contributed by atoms with Crippen molar-refractivity contribution in [3.63, 3.8) is 0 Å². The summed E-state index contributed by atoms with van der Waals surface area (Å²) in [7, 11) is 1.63. The van der Waals surface area contributed by atoms with Crippen molar-refractivity contribution in [3.8, 4) is 0 Å². The van der Waals surface area contributed by atoms with Crippen molar-refractivity contribution in [2.45, 2.75) is 32.7 Å². The molecule has 1 unspecified atom stereocenters. The topological polar surface area (TPSA) is 82.2 Å². The summed E-state index contributed by atoms with van der Waals surface area (Å²) in [5.41, 5.74) is 5.29. The Morgan fingerprint density at radius 3 is 2.64 bits per heavy atom. The molecule has 0 radical (unpaired) electrons. The fourth-order valence-electron chi connectivity index (χ4n) is 0.881. The van der Waals surface area contributed by atoms with Gasteiger partial charge in [-0.2, -0.15) is 0 Å². The number of nitrogens with two attached hydrogens (primary N) is 1. The average Bonchev–Trinajstić information content (AvgIpc) is 2.15. The number of likely N-dealkylation sites (N-methyl/N-ethyl adjacent to an activating group) is 1. The number of carbonyl (C=O) groups is 1. The van der Waals surface area contributed by atoms with Gasteiger partial charge in [0.15, 0.2) is 0 Å². The minimum absolute atomic E-state index is 0.00172. The van der Waals surface area contributed by atoms with E-state index in [9.17, 15) is 4.79 Å². The van der Waals surface area contributed by atoms with Crippen LogP contribution in [0.15, 0.2) is 0 Å². The predicted molar refractivity (Wildman–Crippen MR) is 57.4 cm³/mol. The van der Waals surface area contributed by atoms with Gasteiger partial charge in [0, 0.05) is 13.6 Å². The SMILES string of the molecule is CCCCNC(=O)N(C)C(C)C(=N)N. The van der Waals surface area contributed by atoms with Gasteiger partial charge in [-0.3, -0.25) is 5.41 Å². The molecule has 0 saturated carbocycles.